The molecule has 1 unspecified atom stereocenters. The summed E-state index contributed by atoms with van der Waals surface area (Å²) in [5, 5.41) is 22.1. The molecular formula is C15H12ClN5O3. The molecule has 0 saturated heterocycles. The molecule has 1 amide bonds. The number of nitrogens with zero attached hydrogens (tertiary/aromatic N) is 4. The van der Waals surface area contributed by atoms with Gasteiger partial charge in [0.15, 0.2) is 11.5 Å². The van der Waals surface area contributed by atoms with Crippen LogP contribution in [0.4, 0.5) is 5.69 Å². The molecule has 1 N–H and O–H groups in total. The Morgan fingerprint density at radius 3 is 2.88 bits per heavy atom. The van der Waals surface area contributed by atoms with Crippen LogP contribution in [-0.2, 0) is 0 Å². The summed E-state index contributed by atoms with van der Waals surface area (Å²) in [7, 11) is 0. The van der Waals surface area contributed by atoms with Crippen LogP contribution < -0.4 is 5.32 Å². The van der Waals surface area contributed by atoms with Gasteiger partial charge in [-0.1, -0.05) is 17.7 Å². The number of nitro benzene ring substituents is 1. The monoisotopic (exact) mass is 345 g/mol. The molecule has 1 aromatic carbocycles. The number of pyridine rings is 1. The predicted molar refractivity (Wildman–Crippen MR) is 87.0 cm³/mol. The zero-order valence-corrected chi connectivity index (χ0v) is 13.3. The first-order valence-electron chi connectivity index (χ1n) is 7.02. The molecule has 9 heteroatoms. The van der Waals surface area contributed by atoms with Gasteiger partial charge in [0.25, 0.3) is 11.6 Å². The van der Waals surface area contributed by atoms with Gasteiger partial charge in [-0.15, -0.1) is 10.2 Å². The number of hydrogen-bond acceptors (Lipinski definition) is 5. The Morgan fingerprint density at radius 1 is 1.33 bits per heavy atom. The third kappa shape index (κ3) is 2.91. The van der Waals surface area contributed by atoms with E-state index in [0.717, 1.165) is 0 Å². The number of fused-ring (bicyclic) bond motifs is 1. The van der Waals surface area contributed by atoms with E-state index in [1.807, 2.05) is 12.1 Å². The van der Waals surface area contributed by atoms with Crippen molar-refractivity contribution >= 4 is 28.8 Å². The second-order valence-corrected chi connectivity index (χ2v) is 5.54. The number of halogens is 1. The van der Waals surface area contributed by atoms with Crippen molar-refractivity contribution in [1.29, 1.82) is 0 Å². The first kappa shape index (κ1) is 15.9. The van der Waals surface area contributed by atoms with E-state index in [2.05, 4.69) is 15.5 Å². The van der Waals surface area contributed by atoms with Crippen molar-refractivity contribution in [3.05, 3.63) is 69.1 Å². The minimum atomic E-state index is -0.623. The van der Waals surface area contributed by atoms with Crippen LogP contribution in [0, 0.1) is 10.1 Å². The third-order valence-corrected chi connectivity index (χ3v) is 3.71. The number of carbonyl (C=O) groups is 1. The fourth-order valence-corrected chi connectivity index (χ4v) is 2.52. The lowest BCUT2D eigenvalue weighted by atomic mass is 10.1. The van der Waals surface area contributed by atoms with E-state index >= 15 is 0 Å². The fraction of sp³-hybridized carbons (Fsp3) is 0.133. The molecule has 0 fully saturated rings. The summed E-state index contributed by atoms with van der Waals surface area (Å²) in [6.07, 6.45) is 1.77. The van der Waals surface area contributed by atoms with Gasteiger partial charge in [0, 0.05) is 17.3 Å². The highest BCUT2D eigenvalue weighted by Crippen LogP contribution is 2.23. The van der Waals surface area contributed by atoms with Crippen LogP contribution in [0.25, 0.3) is 5.65 Å². The van der Waals surface area contributed by atoms with Crippen molar-refractivity contribution in [2.45, 2.75) is 13.0 Å². The average molecular weight is 346 g/mol. The lowest BCUT2D eigenvalue weighted by Crippen LogP contribution is -2.28. The van der Waals surface area contributed by atoms with E-state index in [-0.39, 0.29) is 16.3 Å². The number of nitrogens with one attached hydrogen (secondary N) is 1. The van der Waals surface area contributed by atoms with Crippen LogP contribution in [0.2, 0.25) is 5.02 Å². The summed E-state index contributed by atoms with van der Waals surface area (Å²) in [6.45, 7) is 1.72. The average Bonchev–Trinajstić information content (AvgIpc) is 2.98. The highest BCUT2D eigenvalue weighted by molar-refractivity contribution is 6.31. The largest absolute Gasteiger partial charge is 0.342 e. The number of rotatable bonds is 4. The minimum Gasteiger partial charge on any atom is -0.342 e. The van der Waals surface area contributed by atoms with Crippen molar-refractivity contribution in [2.24, 2.45) is 0 Å². The van der Waals surface area contributed by atoms with Crippen molar-refractivity contribution in [3.8, 4) is 0 Å². The van der Waals surface area contributed by atoms with E-state index in [9.17, 15) is 14.9 Å². The first-order chi connectivity index (χ1) is 11.5. The van der Waals surface area contributed by atoms with E-state index in [1.54, 1.807) is 23.6 Å². The summed E-state index contributed by atoms with van der Waals surface area (Å²) in [4.78, 5) is 22.9. The first-order valence-corrected chi connectivity index (χ1v) is 7.39. The normalized spacial score (nSPS) is 12.1. The van der Waals surface area contributed by atoms with Crippen LogP contribution in [0.1, 0.15) is 29.1 Å². The van der Waals surface area contributed by atoms with Gasteiger partial charge in [-0.2, -0.15) is 0 Å². The third-order valence-electron chi connectivity index (χ3n) is 3.47. The number of aromatic nitrogens is 3. The zero-order chi connectivity index (χ0) is 17.3. The molecule has 24 heavy (non-hydrogen) atoms. The molecule has 0 aliphatic heterocycles. The van der Waals surface area contributed by atoms with Gasteiger partial charge in [0.2, 0.25) is 0 Å². The van der Waals surface area contributed by atoms with Crippen LogP contribution in [0.5, 0.6) is 0 Å². The molecule has 0 saturated carbocycles. The predicted octanol–water partition coefficient (Wildman–Crippen LogP) is 2.78. The Balaban J connectivity index is 1.90. The van der Waals surface area contributed by atoms with Crippen LogP contribution in [-0.4, -0.2) is 25.4 Å². The Kier molecular flexibility index (Phi) is 4.13. The second kappa shape index (κ2) is 6.25. The second-order valence-electron chi connectivity index (χ2n) is 5.10. The van der Waals surface area contributed by atoms with Gasteiger partial charge in [-0.3, -0.25) is 19.3 Å². The van der Waals surface area contributed by atoms with Crippen LogP contribution in [0.15, 0.2) is 42.6 Å². The topological polar surface area (TPSA) is 102 Å². The summed E-state index contributed by atoms with van der Waals surface area (Å²) in [6, 6.07) is 8.76. The molecular weight excluding hydrogens is 334 g/mol. The van der Waals surface area contributed by atoms with Crippen molar-refractivity contribution in [2.75, 3.05) is 0 Å². The molecule has 0 aliphatic carbocycles. The summed E-state index contributed by atoms with van der Waals surface area (Å²) in [5.41, 5.74) is 0.228. The molecule has 0 radical (unpaired) electrons. The molecule has 0 aliphatic rings. The molecule has 2 aromatic heterocycles. The maximum Gasteiger partial charge on any atom is 0.282 e. The molecule has 1 atom stereocenters. The number of hydrogen-bond donors (Lipinski definition) is 1. The lowest BCUT2D eigenvalue weighted by molar-refractivity contribution is -0.385. The number of amides is 1. The van der Waals surface area contributed by atoms with Crippen molar-refractivity contribution < 1.29 is 9.72 Å². The number of benzene rings is 1. The van der Waals surface area contributed by atoms with Crippen LogP contribution >= 0.6 is 11.6 Å². The van der Waals surface area contributed by atoms with E-state index in [0.29, 0.717) is 11.5 Å². The van der Waals surface area contributed by atoms with Gasteiger partial charge in [-0.25, -0.2) is 0 Å². The zero-order valence-electron chi connectivity index (χ0n) is 12.5. The van der Waals surface area contributed by atoms with E-state index < -0.39 is 16.9 Å². The molecule has 122 valence electrons. The number of carbonyl (C=O) groups excluding carboxylic acids is 1. The van der Waals surface area contributed by atoms with Gasteiger partial charge in [0.1, 0.15) is 5.56 Å². The standard InChI is InChI=1S/C15H12ClN5O3/c1-9(14-19-18-13-4-2-3-7-20(13)14)17-15(22)11-8-10(16)5-6-12(11)21(23)24/h2-9H,1H3,(H,17,22). The Hall–Kier alpha value is -3.00. The van der Waals surface area contributed by atoms with E-state index in [1.165, 1.54) is 18.2 Å². The molecule has 2 heterocycles. The smallest absolute Gasteiger partial charge is 0.282 e. The van der Waals surface area contributed by atoms with Crippen LogP contribution in [0.3, 0.4) is 0 Å². The molecule has 3 aromatic rings. The van der Waals surface area contributed by atoms with Crippen molar-refractivity contribution in [1.82, 2.24) is 19.9 Å². The molecule has 0 bridgehead atoms. The molecule has 3 rings (SSSR count). The van der Waals surface area contributed by atoms with E-state index in [4.69, 9.17) is 11.6 Å². The summed E-state index contributed by atoms with van der Waals surface area (Å²) < 4.78 is 1.73. The summed E-state index contributed by atoms with van der Waals surface area (Å²) in [5.74, 6) is -0.0898. The van der Waals surface area contributed by atoms with Crippen molar-refractivity contribution in [3.63, 3.8) is 0 Å². The summed E-state index contributed by atoms with van der Waals surface area (Å²) >= 11 is 5.85. The number of nitro groups is 1. The highest BCUT2D eigenvalue weighted by atomic mass is 35.5. The lowest BCUT2D eigenvalue weighted by Gasteiger charge is -2.12. The van der Waals surface area contributed by atoms with Gasteiger partial charge >= 0.3 is 0 Å². The Morgan fingerprint density at radius 2 is 2.12 bits per heavy atom. The molecule has 8 nitrogen and oxygen atoms in total. The molecule has 0 spiro atoms. The Labute approximate surface area is 141 Å². The maximum atomic E-state index is 12.4. The maximum absolute atomic E-state index is 12.4. The SMILES string of the molecule is CC(NC(=O)c1cc(Cl)ccc1[N+](=O)[O-])c1nnc2ccccn12. The van der Waals surface area contributed by atoms with Gasteiger partial charge in [-0.05, 0) is 31.2 Å². The Bertz CT molecular complexity index is 940. The van der Waals surface area contributed by atoms with Gasteiger partial charge in [0.05, 0.1) is 11.0 Å². The quantitative estimate of drug-likeness (QED) is 0.578. The minimum absolute atomic E-state index is 0.104. The van der Waals surface area contributed by atoms with Gasteiger partial charge < -0.3 is 5.32 Å². The fourth-order valence-electron chi connectivity index (χ4n) is 2.34. The highest BCUT2D eigenvalue weighted by Gasteiger charge is 2.23.